The Kier molecular flexibility index (Phi) is 8.91. The van der Waals surface area contributed by atoms with Crippen molar-refractivity contribution in [3.05, 3.63) is 61.0 Å². The summed E-state index contributed by atoms with van der Waals surface area (Å²) in [6, 6.07) is 8.07. The molecule has 0 unspecified atom stereocenters. The highest BCUT2D eigenvalue weighted by Gasteiger charge is 2.24. The summed E-state index contributed by atoms with van der Waals surface area (Å²) >= 11 is 3.46. The number of hydrogen-bond donors (Lipinski definition) is 2. The maximum absolute atomic E-state index is 13.6. The molecule has 0 saturated heterocycles. The first-order chi connectivity index (χ1) is 17.7. The minimum absolute atomic E-state index is 0.154. The van der Waals surface area contributed by atoms with Crippen LogP contribution >= 0.6 is 23.5 Å². The molecule has 0 radical (unpaired) electrons. The maximum Gasteiger partial charge on any atom is 0.333 e. The number of fused-ring (bicyclic) bond motifs is 1. The van der Waals surface area contributed by atoms with Gasteiger partial charge in [-0.3, -0.25) is 13.9 Å². The van der Waals surface area contributed by atoms with Crippen LogP contribution < -0.4 is 11.2 Å². The Morgan fingerprint density at radius 3 is 2.41 bits per heavy atom. The number of imidazole rings is 1. The topological polar surface area (TPSA) is 119 Å². The number of halogens is 1. The summed E-state index contributed by atoms with van der Waals surface area (Å²) in [6.45, 7) is 0.694. The molecule has 9 nitrogen and oxygen atoms in total. The van der Waals surface area contributed by atoms with Gasteiger partial charge in [0.05, 0.1) is 6.54 Å². The number of benzene rings is 1. The van der Waals surface area contributed by atoms with E-state index in [9.17, 15) is 23.9 Å². The highest BCUT2D eigenvalue weighted by atomic mass is 79.9. The van der Waals surface area contributed by atoms with Gasteiger partial charge < -0.3 is 14.4 Å². The number of nitrogens with zero attached hydrogens (tertiary/aromatic N) is 4. The van der Waals surface area contributed by atoms with Crippen molar-refractivity contribution in [3.63, 3.8) is 0 Å². The lowest BCUT2D eigenvalue weighted by molar-refractivity contribution is 0.370. The summed E-state index contributed by atoms with van der Waals surface area (Å²) in [4.78, 5) is 50.1. The van der Waals surface area contributed by atoms with Crippen LogP contribution in [0.1, 0.15) is 49.9 Å². The monoisotopic (exact) mass is 590 g/mol. The first-order valence-corrected chi connectivity index (χ1v) is 15.2. The number of unbranched alkanes of at least 4 members (excludes halogenated alkanes) is 1. The lowest BCUT2D eigenvalue weighted by atomic mass is 10.1. The molecule has 198 valence electrons. The van der Waals surface area contributed by atoms with E-state index < -0.39 is 18.8 Å². The van der Waals surface area contributed by atoms with Crippen molar-refractivity contribution in [3.8, 4) is 12.3 Å². The first kappa shape index (κ1) is 27.6. The van der Waals surface area contributed by atoms with Gasteiger partial charge in [-0.25, -0.2) is 14.3 Å². The van der Waals surface area contributed by atoms with Gasteiger partial charge in [-0.1, -0.05) is 46.8 Å². The van der Waals surface area contributed by atoms with Crippen LogP contribution in [0, 0.1) is 18.3 Å². The molecule has 1 aliphatic carbocycles. The van der Waals surface area contributed by atoms with E-state index in [2.05, 4.69) is 21.9 Å². The van der Waals surface area contributed by atoms with Gasteiger partial charge in [0.2, 0.25) is 0 Å². The maximum atomic E-state index is 13.6. The van der Waals surface area contributed by atoms with Crippen molar-refractivity contribution in [2.45, 2.75) is 71.0 Å². The standard InChI is InChI=1S/C26H32BrN4O5P/c1-2-15-30-25(32)23-24(29(26(30)33)16-5-6-17-37(34,35)36)28-22(31(23)18-20-7-3-4-8-20)14-11-19-9-12-21(27)13-10-19/h1,9-10,12-13,20H,3-8,11,14-18H2,(H2,34,35,36). The summed E-state index contributed by atoms with van der Waals surface area (Å²) in [5, 5.41) is 0. The molecular formula is C26H32BrN4O5P. The molecule has 0 spiro atoms. The van der Waals surface area contributed by atoms with Crippen molar-refractivity contribution in [1.29, 1.82) is 0 Å². The average molecular weight is 591 g/mol. The van der Waals surface area contributed by atoms with Gasteiger partial charge in [0, 0.05) is 30.1 Å². The number of hydrogen-bond acceptors (Lipinski definition) is 4. The van der Waals surface area contributed by atoms with Crippen LogP contribution in [0.3, 0.4) is 0 Å². The third-order valence-corrected chi connectivity index (χ3v) is 8.42. The van der Waals surface area contributed by atoms with E-state index in [0.717, 1.165) is 52.5 Å². The fraction of sp³-hybridized carbons (Fsp3) is 0.500. The van der Waals surface area contributed by atoms with Gasteiger partial charge in [-0.05, 0) is 55.7 Å². The molecule has 11 heteroatoms. The lowest BCUT2D eigenvalue weighted by Gasteiger charge is -2.15. The Balaban J connectivity index is 1.78. The van der Waals surface area contributed by atoms with Crippen LogP contribution in [0.2, 0.25) is 0 Å². The highest BCUT2D eigenvalue weighted by molar-refractivity contribution is 9.10. The van der Waals surface area contributed by atoms with Gasteiger partial charge in [-0.2, -0.15) is 0 Å². The molecule has 3 aromatic rings. The second-order valence-electron chi connectivity index (χ2n) is 9.71. The molecule has 0 amide bonds. The van der Waals surface area contributed by atoms with Gasteiger partial charge in [0.1, 0.15) is 5.82 Å². The zero-order valence-corrected chi connectivity index (χ0v) is 23.2. The Labute approximate surface area is 223 Å². The normalized spacial score (nSPS) is 14.4. The van der Waals surface area contributed by atoms with E-state index in [1.807, 2.05) is 28.8 Å². The molecule has 1 aliphatic rings. The molecule has 2 aromatic heterocycles. The molecule has 0 bridgehead atoms. The van der Waals surface area contributed by atoms with Gasteiger partial charge in [0.15, 0.2) is 11.2 Å². The Morgan fingerprint density at radius 1 is 1.05 bits per heavy atom. The Morgan fingerprint density at radius 2 is 1.76 bits per heavy atom. The summed E-state index contributed by atoms with van der Waals surface area (Å²) in [5.41, 5.74) is 0.856. The van der Waals surface area contributed by atoms with Gasteiger partial charge >= 0.3 is 13.3 Å². The summed E-state index contributed by atoms with van der Waals surface area (Å²) in [7, 11) is -4.13. The van der Waals surface area contributed by atoms with Crippen molar-refractivity contribution in [2.75, 3.05) is 6.16 Å². The first-order valence-electron chi connectivity index (χ1n) is 12.6. The summed E-state index contributed by atoms with van der Waals surface area (Å²) in [5.74, 6) is 3.60. The molecule has 2 heterocycles. The number of terminal acetylenes is 1. The van der Waals surface area contributed by atoms with E-state index in [1.54, 1.807) is 0 Å². The zero-order valence-electron chi connectivity index (χ0n) is 20.7. The molecule has 37 heavy (non-hydrogen) atoms. The van der Waals surface area contributed by atoms with E-state index in [4.69, 9.17) is 11.4 Å². The second-order valence-corrected chi connectivity index (χ2v) is 12.4. The molecule has 4 rings (SSSR count). The largest absolute Gasteiger partial charge is 0.333 e. The van der Waals surface area contributed by atoms with Crippen LogP contribution in [0.25, 0.3) is 11.2 Å². The van der Waals surface area contributed by atoms with Gasteiger partial charge in [0.25, 0.3) is 5.56 Å². The van der Waals surface area contributed by atoms with E-state index in [-0.39, 0.29) is 25.7 Å². The third-order valence-electron chi connectivity index (χ3n) is 6.99. The molecule has 0 aliphatic heterocycles. The fourth-order valence-electron chi connectivity index (χ4n) is 5.10. The second kappa shape index (κ2) is 12.0. The van der Waals surface area contributed by atoms with Crippen LogP contribution in [0.5, 0.6) is 0 Å². The molecule has 1 aromatic carbocycles. The van der Waals surface area contributed by atoms with E-state index in [0.29, 0.717) is 36.5 Å². The average Bonchev–Trinajstić information content (AvgIpc) is 3.49. The van der Waals surface area contributed by atoms with E-state index >= 15 is 0 Å². The Hall–Kier alpha value is -2.44. The predicted octanol–water partition coefficient (Wildman–Crippen LogP) is 3.69. The van der Waals surface area contributed by atoms with Crippen molar-refractivity contribution in [1.82, 2.24) is 18.7 Å². The summed E-state index contributed by atoms with van der Waals surface area (Å²) in [6.07, 6.45) is 11.7. The molecule has 1 fully saturated rings. The third kappa shape index (κ3) is 6.71. The lowest BCUT2D eigenvalue weighted by Crippen LogP contribution is -2.40. The highest BCUT2D eigenvalue weighted by Crippen LogP contribution is 2.35. The zero-order chi connectivity index (χ0) is 26.6. The summed E-state index contributed by atoms with van der Waals surface area (Å²) < 4.78 is 16.8. The van der Waals surface area contributed by atoms with Crippen LogP contribution in [0.4, 0.5) is 0 Å². The smallest absolute Gasteiger partial charge is 0.324 e. The van der Waals surface area contributed by atoms with E-state index in [1.165, 1.54) is 4.57 Å². The SMILES string of the molecule is C#CCn1c(=O)c2c(nc(CCc3ccc(Br)cc3)n2CC2CCCC2)n(CCCCP(=O)(O)O)c1=O. The molecule has 2 N–H and O–H groups in total. The number of aromatic nitrogens is 4. The molecule has 1 saturated carbocycles. The van der Waals surface area contributed by atoms with Crippen molar-refractivity contribution < 1.29 is 14.4 Å². The predicted molar refractivity (Wildman–Crippen MR) is 147 cm³/mol. The van der Waals surface area contributed by atoms with Crippen molar-refractivity contribution >= 4 is 34.7 Å². The van der Waals surface area contributed by atoms with Gasteiger partial charge in [-0.15, -0.1) is 6.42 Å². The fourth-order valence-corrected chi connectivity index (χ4v) is 6.00. The van der Waals surface area contributed by atoms with Crippen LogP contribution in [0.15, 0.2) is 38.3 Å². The quantitative estimate of drug-likeness (QED) is 0.200. The number of rotatable bonds is 11. The minimum atomic E-state index is -4.13. The molecule has 0 atom stereocenters. The van der Waals surface area contributed by atoms with Crippen LogP contribution in [-0.4, -0.2) is 34.6 Å². The Bertz CT molecular complexity index is 1460. The van der Waals surface area contributed by atoms with Crippen molar-refractivity contribution in [2.24, 2.45) is 5.92 Å². The number of aryl methyl sites for hydroxylation is 3. The van der Waals surface area contributed by atoms with Crippen LogP contribution in [-0.2, 0) is 37.0 Å². The molecular weight excluding hydrogens is 559 g/mol. The minimum Gasteiger partial charge on any atom is -0.324 e.